The Bertz CT molecular complexity index is 476. The summed E-state index contributed by atoms with van der Waals surface area (Å²) in [6, 6.07) is 12.9. The molecule has 1 aromatic carbocycles. The molecule has 0 spiro atoms. The van der Waals surface area contributed by atoms with Crippen molar-refractivity contribution >= 4 is 0 Å². The molecular weight excluding hydrogens is 248 g/mol. The van der Waals surface area contributed by atoms with Crippen LogP contribution in [-0.2, 0) is 19.5 Å². The van der Waals surface area contributed by atoms with Crippen molar-refractivity contribution in [2.75, 3.05) is 20.1 Å². The Morgan fingerprint density at radius 3 is 2.45 bits per heavy atom. The molecule has 2 aromatic rings. The van der Waals surface area contributed by atoms with E-state index >= 15 is 0 Å². The van der Waals surface area contributed by atoms with Crippen LogP contribution < -0.4 is 5.32 Å². The highest BCUT2D eigenvalue weighted by atomic mass is 16.3. The Labute approximate surface area is 121 Å². The van der Waals surface area contributed by atoms with Crippen molar-refractivity contribution in [3.05, 3.63) is 59.5 Å². The molecule has 0 saturated carbocycles. The molecule has 1 aromatic heterocycles. The first-order valence-corrected chi connectivity index (χ1v) is 7.27. The second-order valence-corrected chi connectivity index (χ2v) is 5.17. The van der Waals surface area contributed by atoms with E-state index in [4.69, 9.17) is 4.42 Å². The van der Waals surface area contributed by atoms with Crippen molar-refractivity contribution in [3.8, 4) is 0 Å². The van der Waals surface area contributed by atoms with Gasteiger partial charge in [-0.1, -0.05) is 31.2 Å². The van der Waals surface area contributed by atoms with Gasteiger partial charge in [-0.3, -0.25) is 4.90 Å². The molecule has 20 heavy (non-hydrogen) atoms. The summed E-state index contributed by atoms with van der Waals surface area (Å²) in [6.07, 6.45) is 2.82. The molecule has 0 aliphatic heterocycles. The van der Waals surface area contributed by atoms with E-state index in [1.807, 2.05) is 12.1 Å². The van der Waals surface area contributed by atoms with Gasteiger partial charge in [0, 0.05) is 6.54 Å². The topological polar surface area (TPSA) is 28.4 Å². The minimum atomic E-state index is 0.842. The van der Waals surface area contributed by atoms with Gasteiger partial charge in [0.05, 0.1) is 12.8 Å². The second-order valence-electron chi connectivity index (χ2n) is 5.17. The van der Waals surface area contributed by atoms with Crippen LogP contribution in [0.3, 0.4) is 0 Å². The van der Waals surface area contributed by atoms with Crippen LogP contribution in [0, 0.1) is 0 Å². The maximum absolute atomic E-state index is 5.37. The predicted molar refractivity (Wildman–Crippen MR) is 82.6 cm³/mol. The fourth-order valence-electron chi connectivity index (χ4n) is 2.26. The standard InChI is InChI=1S/C17H24N2O/c1-3-18-11-10-15-6-8-16(9-7-15)13-19(2)14-17-5-4-12-20-17/h4-9,12,18H,3,10-11,13-14H2,1-2H3. The Morgan fingerprint density at radius 2 is 1.80 bits per heavy atom. The zero-order chi connectivity index (χ0) is 14.2. The summed E-state index contributed by atoms with van der Waals surface area (Å²) in [5.74, 6) is 1.01. The van der Waals surface area contributed by atoms with Gasteiger partial charge in [-0.2, -0.15) is 0 Å². The molecule has 3 nitrogen and oxygen atoms in total. The van der Waals surface area contributed by atoms with Crippen LogP contribution >= 0.6 is 0 Å². The number of rotatable bonds is 8. The zero-order valence-corrected chi connectivity index (χ0v) is 12.4. The molecule has 0 bridgehead atoms. The summed E-state index contributed by atoms with van der Waals surface area (Å²) in [5.41, 5.74) is 2.73. The Balaban J connectivity index is 1.80. The quantitative estimate of drug-likeness (QED) is 0.749. The summed E-state index contributed by atoms with van der Waals surface area (Å²) < 4.78 is 5.37. The zero-order valence-electron chi connectivity index (χ0n) is 12.4. The van der Waals surface area contributed by atoms with Gasteiger partial charge in [0.25, 0.3) is 0 Å². The van der Waals surface area contributed by atoms with E-state index in [0.29, 0.717) is 0 Å². The number of hydrogen-bond donors (Lipinski definition) is 1. The SMILES string of the molecule is CCNCCc1ccc(CN(C)Cc2ccco2)cc1. The summed E-state index contributed by atoms with van der Waals surface area (Å²) in [7, 11) is 2.11. The van der Waals surface area contributed by atoms with Crippen molar-refractivity contribution in [2.45, 2.75) is 26.4 Å². The van der Waals surface area contributed by atoms with E-state index in [9.17, 15) is 0 Å². The third kappa shape index (κ3) is 4.83. The molecule has 0 aliphatic carbocycles. The summed E-state index contributed by atoms with van der Waals surface area (Å²) >= 11 is 0. The lowest BCUT2D eigenvalue weighted by Gasteiger charge is -2.15. The highest BCUT2D eigenvalue weighted by Gasteiger charge is 2.03. The smallest absolute Gasteiger partial charge is 0.117 e. The van der Waals surface area contributed by atoms with Crippen LogP contribution in [0.25, 0.3) is 0 Å². The van der Waals surface area contributed by atoms with Crippen molar-refractivity contribution < 1.29 is 4.42 Å². The normalized spacial score (nSPS) is 11.2. The van der Waals surface area contributed by atoms with E-state index in [0.717, 1.165) is 38.4 Å². The van der Waals surface area contributed by atoms with E-state index in [2.05, 4.69) is 48.5 Å². The van der Waals surface area contributed by atoms with Crippen molar-refractivity contribution in [1.29, 1.82) is 0 Å². The Kier molecular flexibility index (Phi) is 5.84. The maximum atomic E-state index is 5.37. The molecule has 108 valence electrons. The molecule has 2 rings (SSSR count). The molecule has 0 amide bonds. The molecular formula is C17H24N2O. The number of nitrogens with zero attached hydrogens (tertiary/aromatic N) is 1. The van der Waals surface area contributed by atoms with Crippen LogP contribution in [0.4, 0.5) is 0 Å². The molecule has 0 saturated heterocycles. The number of nitrogens with one attached hydrogen (secondary N) is 1. The van der Waals surface area contributed by atoms with E-state index in [1.54, 1.807) is 6.26 Å². The summed E-state index contributed by atoms with van der Waals surface area (Å²) in [5, 5.41) is 3.35. The molecule has 0 radical (unpaired) electrons. The number of likely N-dealkylation sites (N-methyl/N-ethyl adjacent to an activating group) is 1. The average Bonchev–Trinajstić information content (AvgIpc) is 2.94. The second kappa shape index (κ2) is 7.88. The third-order valence-corrected chi connectivity index (χ3v) is 3.32. The van der Waals surface area contributed by atoms with E-state index in [1.165, 1.54) is 11.1 Å². The molecule has 0 aliphatic rings. The lowest BCUT2D eigenvalue weighted by molar-refractivity contribution is 0.288. The lowest BCUT2D eigenvalue weighted by atomic mass is 10.1. The van der Waals surface area contributed by atoms with E-state index < -0.39 is 0 Å². The van der Waals surface area contributed by atoms with Crippen molar-refractivity contribution in [3.63, 3.8) is 0 Å². The maximum Gasteiger partial charge on any atom is 0.117 e. The predicted octanol–water partition coefficient (Wildman–Crippen LogP) is 3.06. The molecule has 1 heterocycles. The first kappa shape index (κ1) is 14.8. The van der Waals surface area contributed by atoms with Gasteiger partial charge in [0.2, 0.25) is 0 Å². The van der Waals surface area contributed by atoms with Crippen molar-refractivity contribution in [2.24, 2.45) is 0 Å². The average molecular weight is 272 g/mol. The largest absolute Gasteiger partial charge is 0.468 e. The van der Waals surface area contributed by atoms with Crippen LogP contribution in [0.1, 0.15) is 23.8 Å². The van der Waals surface area contributed by atoms with Crippen LogP contribution in [-0.4, -0.2) is 25.0 Å². The highest BCUT2D eigenvalue weighted by Crippen LogP contribution is 2.10. The van der Waals surface area contributed by atoms with Gasteiger partial charge < -0.3 is 9.73 Å². The van der Waals surface area contributed by atoms with Crippen molar-refractivity contribution in [1.82, 2.24) is 10.2 Å². The van der Waals surface area contributed by atoms with Gasteiger partial charge >= 0.3 is 0 Å². The Hall–Kier alpha value is -1.58. The van der Waals surface area contributed by atoms with Gasteiger partial charge in [-0.25, -0.2) is 0 Å². The minimum absolute atomic E-state index is 0.842. The first-order valence-electron chi connectivity index (χ1n) is 7.27. The van der Waals surface area contributed by atoms with E-state index in [-0.39, 0.29) is 0 Å². The van der Waals surface area contributed by atoms with Gasteiger partial charge in [0.15, 0.2) is 0 Å². The lowest BCUT2D eigenvalue weighted by Crippen LogP contribution is -2.17. The number of hydrogen-bond acceptors (Lipinski definition) is 3. The monoisotopic (exact) mass is 272 g/mol. The highest BCUT2D eigenvalue weighted by molar-refractivity contribution is 5.22. The molecule has 0 unspecified atom stereocenters. The minimum Gasteiger partial charge on any atom is -0.468 e. The Morgan fingerprint density at radius 1 is 1.05 bits per heavy atom. The van der Waals surface area contributed by atoms with Crippen LogP contribution in [0.2, 0.25) is 0 Å². The molecule has 3 heteroatoms. The molecule has 0 atom stereocenters. The van der Waals surface area contributed by atoms with Gasteiger partial charge in [0.1, 0.15) is 5.76 Å². The van der Waals surface area contributed by atoms with Gasteiger partial charge in [-0.15, -0.1) is 0 Å². The fraction of sp³-hybridized carbons (Fsp3) is 0.412. The number of benzene rings is 1. The fourth-order valence-corrected chi connectivity index (χ4v) is 2.26. The molecule has 1 N–H and O–H groups in total. The molecule has 0 fully saturated rings. The van der Waals surface area contributed by atoms with Crippen LogP contribution in [0.5, 0.6) is 0 Å². The third-order valence-electron chi connectivity index (χ3n) is 3.32. The summed E-state index contributed by atoms with van der Waals surface area (Å²) in [4.78, 5) is 2.26. The number of furan rings is 1. The van der Waals surface area contributed by atoms with Gasteiger partial charge in [-0.05, 0) is 49.8 Å². The summed E-state index contributed by atoms with van der Waals surface area (Å²) in [6.45, 7) is 6.01. The first-order chi connectivity index (χ1) is 9.78. The van der Waals surface area contributed by atoms with Crippen LogP contribution in [0.15, 0.2) is 47.1 Å².